The number of methoxy groups -OCH3 is 1. The number of hydrogen-bond donors (Lipinski definition) is 0. The van der Waals surface area contributed by atoms with Gasteiger partial charge in [-0.05, 0) is 24.6 Å². The smallest absolute Gasteiger partial charge is 0.245 e. The summed E-state index contributed by atoms with van der Waals surface area (Å²) in [6.07, 6.45) is 3.27. The minimum atomic E-state index is -0.551. The number of benzene rings is 1. The molecule has 4 rings (SSSR count). The second-order valence-corrected chi connectivity index (χ2v) is 6.25. The highest BCUT2D eigenvalue weighted by Gasteiger charge is 2.23. The molecule has 0 radical (unpaired) electrons. The van der Waals surface area contributed by atoms with E-state index in [-0.39, 0.29) is 11.3 Å². The molecule has 2 aromatic heterocycles. The topological polar surface area (TPSA) is 75.2 Å². The van der Waals surface area contributed by atoms with Crippen LogP contribution in [0.2, 0.25) is 0 Å². The van der Waals surface area contributed by atoms with Gasteiger partial charge in [-0.3, -0.25) is 4.98 Å². The molecule has 1 aliphatic heterocycles. The summed E-state index contributed by atoms with van der Waals surface area (Å²) >= 11 is 0. The van der Waals surface area contributed by atoms with E-state index in [1.807, 2.05) is 29.2 Å². The average molecular weight is 364 g/mol. The number of nitriles is 1. The molecule has 3 aromatic rings. The molecule has 0 saturated heterocycles. The number of anilines is 1. The minimum absolute atomic E-state index is 0.0318. The lowest BCUT2D eigenvalue weighted by atomic mass is 10.1. The number of halogens is 1. The van der Waals surface area contributed by atoms with Crippen LogP contribution in [0.15, 0.2) is 40.9 Å². The first-order chi connectivity index (χ1) is 13.2. The molecule has 27 heavy (non-hydrogen) atoms. The van der Waals surface area contributed by atoms with Gasteiger partial charge in [0.25, 0.3) is 0 Å². The fourth-order valence-corrected chi connectivity index (χ4v) is 3.26. The number of aromatic nitrogens is 2. The highest BCUT2D eigenvalue weighted by Crippen LogP contribution is 2.32. The van der Waals surface area contributed by atoms with Crippen LogP contribution in [-0.2, 0) is 13.0 Å². The summed E-state index contributed by atoms with van der Waals surface area (Å²) in [5.74, 6) is 0.731. The molecule has 0 unspecified atom stereocenters. The van der Waals surface area contributed by atoms with Crippen molar-refractivity contribution in [1.82, 2.24) is 9.97 Å². The number of fused-ring (bicyclic) bond motifs is 1. The van der Waals surface area contributed by atoms with E-state index in [9.17, 15) is 9.65 Å². The second kappa shape index (κ2) is 7.08. The zero-order valence-electron chi connectivity index (χ0n) is 14.8. The SMILES string of the molecule is COc1c(F)cc(N2CCCc3oc(-c4ccccn4)nc3C2)cc1C#N. The Kier molecular flexibility index (Phi) is 4.47. The van der Waals surface area contributed by atoms with Gasteiger partial charge in [-0.15, -0.1) is 0 Å². The Hall–Kier alpha value is -3.40. The lowest BCUT2D eigenvalue weighted by Gasteiger charge is -2.23. The molecular formula is C20H17FN4O2. The standard InChI is InChI=1S/C20H17FN4O2/c1-26-19-13(11-22)9-14(10-15(19)21)25-8-4-6-18-17(12-25)24-20(27-18)16-5-2-3-7-23-16/h2-3,5,7,9-10H,4,6,8,12H2,1H3. The molecule has 1 aromatic carbocycles. The van der Waals surface area contributed by atoms with E-state index >= 15 is 0 Å². The summed E-state index contributed by atoms with van der Waals surface area (Å²) in [7, 11) is 1.35. The largest absolute Gasteiger partial charge is 0.492 e. The van der Waals surface area contributed by atoms with Gasteiger partial charge in [-0.25, -0.2) is 9.37 Å². The molecule has 6 nitrogen and oxygen atoms in total. The van der Waals surface area contributed by atoms with E-state index < -0.39 is 5.82 Å². The van der Waals surface area contributed by atoms with E-state index in [0.717, 1.165) is 24.3 Å². The molecule has 0 bridgehead atoms. The van der Waals surface area contributed by atoms with Crippen LogP contribution in [0, 0.1) is 17.1 Å². The lowest BCUT2D eigenvalue weighted by molar-refractivity contribution is 0.385. The molecular weight excluding hydrogens is 347 g/mol. The van der Waals surface area contributed by atoms with Crippen molar-refractivity contribution in [2.75, 3.05) is 18.6 Å². The van der Waals surface area contributed by atoms with Crippen LogP contribution in [0.3, 0.4) is 0 Å². The molecule has 0 atom stereocenters. The Morgan fingerprint density at radius 1 is 1.33 bits per heavy atom. The van der Waals surface area contributed by atoms with Crippen LogP contribution >= 0.6 is 0 Å². The monoisotopic (exact) mass is 364 g/mol. The Balaban J connectivity index is 1.67. The minimum Gasteiger partial charge on any atom is -0.492 e. The number of nitrogens with zero attached hydrogens (tertiary/aromatic N) is 4. The highest BCUT2D eigenvalue weighted by atomic mass is 19.1. The third kappa shape index (κ3) is 3.22. The van der Waals surface area contributed by atoms with E-state index in [1.54, 1.807) is 12.3 Å². The van der Waals surface area contributed by atoms with Crippen LogP contribution in [0.25, 0.3) is 11.6 Å². The first kappa shape index (κ1) is 17.0. The lowest BCUT2D eigenvalue weighted by Crippen LogP contribution is -2.23. The predicted molar refractivity (Wildman–Crippen MR) is 96.8 cm³/mol. The zero-order valence-corrected chi connectivity index (χ0v) is 14.8. The van der Waals surface area contributed by atoms with Crippen LogP contribution in [-0.4, -0.2) is 23.6 Å². The highest BCUT2D eigenvalue weighted by molar-refractivity contribution is 5.58. The van der Waals surface area contributed by atoms with Crippen molar-refractivity contribution in [2.24, 2.45) is 0 Å². The molecule has 136 valence electrons. The van der Waals surface area contributed by atoms with Gasteiger partial charge in [0, 0.05) is 30.9 Å². The maximum Gasteiger partial charge on any atom is 0.245 e. The van der Waals surface area contributed by atoms with Gasteiger partial charge in [0.2, 0.25) is 5.89 Å². The van der Waals surface area contributed by atoms with Gasteiger partial charge < -0.3 is 14.1 Å². The second-order valence-electron chi connectivity index (χ2n) is 6.25. The number of hydrogen-bond acceptors (Lipinski definition) is 6. The maximum absolute atomic E-state index is 14.3. The zero-order chi connectivity index (χ0) is 18.8. The first-order valence-corrected chi connectivity index (χ1v) is 8.62. The first-order valence-electron chi connectivity index (χ1n) is 8.62. The quantitative estimate of drug-likeness (QED) is 0.705. The van der Waals surface area contributed by atoms with Gasteiger partial charge >= 0.3 is 0 Å². The van der Waals surface area contributed by atoms with Crippen LogP contribution in [0.1, 0.15) is 23.4 Å². The number of oxazole rings is 1. The van der Waals surface area contributed by atoms with Crippen molar-refractivity contribution >= 4 is 5.69 Å². The van der Waals surface area contributed by atoms with Gasteiger partial charge in [0.05, 0.1) is 19.2 Å². The van der Waals surface area contributed by atoms with Crippen molar-refractivity contribution < 1.29 is 13.5 Å². The molecule has 0 fully saturated rings. The summed E-state index contributed by atoms with van der Waals surface area (Å²) in [5.41, 5.74) is 2.29. The van der Waals surface area contributed by atoms with E-state index in [2.05, 4.69) is 9.97 Å². The van der Waals surface area contributed by atoms with E-state index in [4.69, 9.17) is 9.15 Å². The predicted octanol–water partition coefficient (Wildman–Crippen LogP) is 3.71. The molecule has 0 spiro atoms. The Morgan fingerprint density at radius 3 is 2.96 bits per heavy atom. The summed E-state index contributed by atoms with van der Waals surface area (Å²) in [6, 6.07) is 10.6. The van der Waals surface area contributed by atoms with Gasteiger partial charge in [0.1, 0.15) is 23.2 Å². The van der Waals surface area contributed by atoms with Gasteiger partial charge in [-0.1, -0.05) is 6.07 Å². The molecule has 0 amide bonds. The summed E-state index contributed by atoms with van der Waals surface area (Å²) in [6.45, 7) is 1.18. The maximum atomic E-state index is 14.3. The number of rotatable bonds is 3. The molecule has 0 N–H and O–H groups in total. The van der Waals surface area contributed by atoms with E-state index in [1.165, 1.54) is 13.2 Å². The third-order valence-electron chi connectivity index (χ3n) is 4.55. The Bertz CT molecular complexity index is 1010. The van der Waals surface area contributed by atoms with Gasteiger partial charge in [0.15, 0.2) is 11.6 Å². The van der Waals surface area contributed by atoms with Crippen molar-refractivity contribution in [3.63, 3.8) is 0 Å². The molecule has 0 saturated carbocycles. The molecule has 3 heterocycles. The van der Waals surface area contributed by atoms with Crippen LogP contribution in [0.4, 0.5) is 10.1 Å². The number of aryl methyl sites for hydroxylation is 1. The Morgan fingerprint density at radius 2 is 2.22 bits per heavy atom. The van der Waals surface area contributed by atoms with Crippen molar-refractivity contribution in [3.8, 4) is 23.4 Å². The third-order valence-corrected chi connectivity index (χ3v) is 4.55. The average Bonchev–Trinajstić information content (AvgIpc) is 2.99. The van der Waals surface area contributed by atoms with Crippen molar-refractivity contribution in [1.29, 1.82) is 5.26 Å². The molecule has 7 heteroatoms. The molecule has 1 aliphatic rings. The fourth-order valence-electron chi connectivity index (χ4n) is 3.26. The molecule has 0 aliphatic carbocycles. The van der Waals surface area contributed by atoms with Crippen LogP contribution in [0.5, 0.6) is 5.75 Å². The van der Waals surface area contributed by atoms with Crippen molar-refractivity contribution in [3.05, 3.63) is 59.4 Å². The number of pyridine rings is 1. The number of ether oxygens (including phenoxy) is 1. The summed E-state index contributed by atoms with van der Waals surface area (Å²) in [4.78, 5) is 10.9. The summed E-state index contributed by atoms with van der Waals surface area (Å²) in [5, 5.41) is 9.29. The Labute approximate surface area is 155 Å². The van der Waals surface area contributed by atoms with E-state index in [0.29, 0.717) is 30.4 Å². The summed E-state index contributed by atoms with van der Waals surface area (Å²) < 4.78 is 25.2. The van der Waals surface area contributed by atoms with Gasteiger partial charge in [-0.2, -0.15) is 5.26 Å². The van der Waals surface area contributed by atoms with Crippen molar-refractivity contribution in [2.45, 2.75) is 19.4 Å². The van der Waals surface area contributed by atoms with Crippen LogP contribution < -0.4 is 9.64 Å². The fraction of sp³-hybridized carbons (Fsp3) is 0.250. The normalized spacial score (nSPS) is 13.6.